The van der Waals surface area contributed by atoms with Crippen LogP contribution >= 0.6 is 11.6 Å². The summed E-state index contributed by atoms with van der Waals surface area (Å²) < 4.78 is 55.2. The van der Waals surface area contributed by atoms with Crippen molar-refractivity contribution in [2.45, 2.75) is 20.0 Å². The van der Waals surface area contributed by atoms with Gasteiger partial charge in [0.1, 0.15) is 28.0 Å². The molecule has 2 heterocycles. The van der Waals surface area contributed by atoms with Crippen molar-refractivity contribution in [2.24, 2.45) is 0 Å². The molecular formula is C34H24ClF3N4O3. The van der Waals surface area contributed by atoms with Crippen LogP contribution in [0.4, 0.5) is 18.9 Å². The largest absolute Gasteiger partial charge is 0.457 e. The van der Waals surface area contributed by atoms with Crippen molar-refractivity contribution in [3.8, 4) is 34.3 Å². The van der Waals surface area contributed by atoms with Gasteiger partial charge in [-0.15, -0.1) is 0 Å². The number of amides is 1. The first-order chi connectivity index (χ1) is 21.6. The summed E-state index contributed by atoms with van der Waals surface area (Å²) in [5, 5.41) is 6.28. The summed E-state index contributed by atoms with van der Waals surface area (Å²) in [6.07, 6.45) is -4.81. The van der Waals surface area contributed by atoms with Gasteiger partial charge in [-0.3, -0.25) is 4.79 Å². The van der Waals surface area contributed by atoms with Gasteiger partial charge in [-0.25, -0.2) is 9.50 Å². The highest BCUT2D eigenvalue weighted by Crippen LogP contribution is 2.37. The van der Waals surface area contributed by atoms with E-state index in [1.165, 1.54) is 0 Å². The summed E-state index contributed by atoms with van der Waals surface area (Å²) >= 11 is 6.49. The van der Waals surface area contributed by atoms with Crippen molar-refractivity contribution in [1.82, 2.24) is 14.6 Å². The molecule has 1 amide bonds. The standard InChI is InChI=1S/C34H24ClF3N4O3/c1-20-10-6-8-14-27(20)44-24-16-23(17-25(18-24)45-28-15-9-7-11-21(28)2)39-33(43)31-30(35)32-40-26(22-12-4-3-5-13-22)19-29(34(36,37)38)42(32)41-31/h3-19H,1-2H3,(H,39,43). The number of alkyl halides is 3. The van der Waals surface area contributed by atoms with Crippen LogP contribution in [0.2, 0.25) is 5.02 Å². The number of hydrogen-bond acceptors (Lipinski definition) is 5. The van der Waals surface area contributed by atoms with Gasteiger partial charge in [0, 0.05) is 29.4 Å². The first kappa shape index (κ1) is 29.7. The molecule has 0 spiro atoms. The normalized spacial score (nSPS) is 11.4. The molecular weight excluding hydrogens is 605 g/mol. The van der Waals surface area contributed by atoms with E-state index in [1.807, 2.05) is 50.2 Å². The number of nitrogens with one attached hydrogen (secondary N) is 1. The number of carbonyl (C=O) groups is 1. The van der Waals surface area contributed by atoms with Gasteiger partial charge < -0.3 is 14.8 Å². The molecule has 0 atom stereocenters. The molecule has 0 aliphatic carbocycles. The highest BCUT2D eigenvalue weighted by atomic mass is 35.5. The Bertz CT molecular complexity index is 1980. The number of fused-ring (bicyclic) bond motifs is 1. The number of para-hydroxylation sites is 2. The number of aryl methyl sites for hydroxylation is 2. The van der Waals surface area contributed by atoms with E-state index < -0.39 is 23.5 Å². The van der Waals surface area contributed by atoms with Gasteiger partial charge in [-0.1, -0.05) is 78.3 Å². The summed E-state index contributed by atoms with van der Waals surface area (Å²) in [7, 11) is 0. The van der Waals surface area contributed by atoms with Crippen molar-refractivity contribution < 1.29 is 27.4 Å². The van der Waals surface area contributed by atoms with Gasteiger partial charge >= 0.3 is 6.18 Å². The summed E-state index contributed by atoms with van der Waals surface area (Å²) in [6.45, 7) is 3.78. The first-order valence-electron chi connectivity index (χ1n) is 13.7. The van der Waals surface area contributed by atoms with Crippen LogP contribution < -0.4 is 14.8 Å². The maximum absolute atomic E-state index is 14.1. The molecule has 7 nitrogen and oxygen atoms in total. The number of aromatic nitrogens is 3. The number of ether oxygens (including phenoxy) is 2. The molecule has 0 saturated carbocycles. The number of halogens is 4. The van der Waals surface area contributed by atoms with Crippen LogP contribution in [0.3, 0.4) is 0 Å². The monoisotopic (exact) mass is 628 g/mol. The van der Waals surface area contributed by atoms with Gasteiger partial charge in [0.05, 0.1) is 5.69 Å². The molecule has 0 fully saturated rings. The summed E-state index contributed by atoms with van der Waals surface area (Å²) in [4.78, 5) is 17.8. The fraction of sp³-hybridized carbons (Fsp3) is 0.0882. The number of benzene rings is 4. The molecule has 45 heavy (non-hydrogen) atoms. The van der Waals surface area contributed by atoms with Crippen molar-refractivity contribution in [2.75, 3.05) is 5.32 Å². The van der Waals surface area contributed by atoms with Crippen LogP contribution in [0, 0.1) is 13.8 Å². The van der Waals surface area contributed by atoms with E-state index in [1.54, 1.807) is 60.7 Å². The predicted octanol–water partition coefficient (Wildman–Crippen LogP) is 9.52. The lowest BCUT2D eigenvalue weighted by molar-refractivity contribution is -0.142. The number of anilines is 1. The molecule has 0 radical (unpaired) electrons. The van der Waals surface area contributed by atoms with Crippen LogP contribution in [-0.4, -0.2) is 20.5 Å². The number of carbonyl (C=O) groups excluding carboxylic acids is 1. The van der Waals surface area contributed by atoms with E-state index >= 15 is 0 Å². The van der Waals surface area contributed by atoms with E-state index in [2.05, 4.69) is 15.4 Å². The van der Waals surface area contributed by atoms with Crippen LogP contribution in [0.1, 0.15) is 27.3 Å². The van der Waals surface area contributed by atoms with Crippen molar-refractivity contribution >= 4 is 28.8 Å². The maximum atomic E-state index is 14.1. The zero-order valence-electron chi connectivity index (χ0n) is 23.9. The molecule has 1 N–H and O–H groups in total. The van der Waals surface area contributed by atoms with Gasteiger partial charge in [0.15, 0.2) is 17.0 Å². The minimum absolute atomic E-state index is 0.0308. The van der Waals surface area contributed by atoms with Crippen molar-refractivity contribution in [1.29, 1.82) is 0 Å². The van der Waals surface area contributed by atoms with Crippen LogP contribution in [0.15, 0.2) is 103 Å². The van der Waals surface area contributed by atoms with Crippen LogP contribution in [-0.2, 0) is 6.18 Å². The minimum atomic E-state index is -4.81. The molecule has 6 aromatic rings. The third-order valence-corrected chi connectivity index (χ3v) is 7.24. The fourth-order valence-corrected chi connectivity index (χ4v) is 4.89. The fourth-order valence-electron chi connectivity index (χ4n) is 4.64. The zero-order valence-corrected chi connectivity index (χ0v) is 24.6. The zero-order chi connectivity index (χ0) is 31.7. The van der Waals surface area contributed by atoms with E-state index in [9.17, 15) is 18.0 Å². The quantitative estimate of drug-likeness (QED) is 0.190. The second-order valence-electron chi connectivity index (χ2n) is 10.2. The van der Waals surface area contributed by atoms with E-state index in [0.717, 1.165) is 17.2 Å². The number of nitrogens with zero attached hydrogens (tertiary/aromatic N) is 3. The van der Waals surface area contributed by atoms with Crippen molar-refractivity contribution in [3.63, 3.8) is 0 Å². The Hall–Kier alpha value is -5.35. The van der Waals surface area contributed by atoms with E-state index in [4.69, 9.17) is 21.1 Å². The number of rotatable bonds is 7. The predicted molar refractivity (Wildman–Crippen MR) is 165 cm³/mol. The Balaban J connectivity index is 1.39. The topological polar surface area (TPSA) is 77.8 Å². The maximum Gasteiger partial charge on any atom is 0.433 e. The van der Waals surface area contributed by atoms with Crippen LogP contribution in [0.25, 0.3) is 16.9 Å². The van der Waals surface area contributed by atoms with Crippen LogP contribution in [0.5, 0.6) is 23.0 Å². The molecule has 226 valence electrons. The lowest BCUT2D eigenvalue weighted by Crippen LogP contribution is -2.16. The molecule has 4 aromatic carbocycles. The molecule has 0 aliphatic heterocycles. The van der Waals surface area contributed by atoms with Gasteiger partial charge in [0.25, 0.3) is 5.91 Å². The number of hydrogen-bond donors (Lipinski definition) is 1. The average Bonchev–Trinajstić information content (AvgIpc) is 3.35. The minimum Gasteiger partial charge on any atom is -0.457 e. The second-order valence-corrected chi connectivity index (χ2v) is 10.5. The molecule has 0 aliphatic rings. The molecule has 0 bridgehead atoms. The average molecular weight is 629 g/mol. The molecule has 6 rings (SSSR count). The van der Waals surface area contributed by atoms with Gasteiger partial charge in [-0.05, 0) is 43.2 Å². The highest BCUT2D eigenvalue weighted by Gasteiger charge is 2.36. The lowest BCUT2D eigenvalue weighted by atomic mass is 10.1. The summed E-state index contributed by atoms with van der Waals surface area (Å²) in [5.74, 6) is 1.02. The van der Waals surface area contributed by atoms with Gasteiger partial charge in [0.2, 0.25) is 0 Å². The third kappa shape index (κ3) is 6.32. The third-order valence-electron chi connectivity index (χ3n) is 6.89. The molecule has 11 heteroatoms. The molecule has 2 aromatic heterocycles. The summed E-state index contributed by atoms with van der Waals surface area (Å²) in [5.41, 5.74) is 0.595. The lowest BCUT2D eigenvalue weighted by Gasteiger charge is -2.14. The highest BCUT2D eigenvalue weighted by molar-refractivity contribution is 6.37. The molecule has 0 unspecified atom stereocenters. The first-order valence-corrected chi connectivity index (χ1v) is 14.1. The molecule has 0 saturated heterocycles. The summed E-state index contributed by atoms with van der Waals surface area (Å²) in [6, 6.07) is 28.8. The van der Waals surface area contributed by atoms with E-state index in [0.29, 0.717) is 33.1 Å². The second kappa shape index (κ2) is 12.0. The Morgan fingerprint density at radius 1 is 0.800 bits per heavy atom. The Kier molecular flexibility index (Phi) is 7.90. The van der Waals surface area contributed by atoms with E-state index in [-0.39, 0.29) is 22.1 Å². The Morgan fingerprint density at radius 2 is 1.36 bits per heavy atom. The Labute approximate surface area is 260 Å². The smallest absolute Gasteiger partial charge is 0.433 e. The SMILES string of the molecule is Cc1ccccc1Oc1cc(NC(=O)c2nn3c(C(F)(F)F)cc(-c4ccccc4)nc3c2Cl)cc(Oc2ccccc2C)c1. The van der Waals surface area contributed by atoms with Crippen molar-refractivity contribution in [3.05, 3.63) is 131 Å². The Morgan fingerprint density at radius 3 is 1.91 bits per heavy atom. The van der Waals surface area contributed by atoms with Gasteiger partial charge in [-0.2, -0.15) is 18.3 Å².